The minimum atomic E-state index is -0.443. The van der Waals surface area contributed by atoms with Gasteiger partial charge < -0.3 is 0 Å². The standard InChI is InChI=1S/C20H12ClFN2O/c21-17-9-5-4-8-15(17)19-23-18-12-13(22)10-11-16(18)20(25)24(19)14-6-2-1-3-7-14/h1-12H. The molecule has 0 aliphatic heterocycles. The first-order valence-electron chi connectivity index (χ1n) is 7.68. The van der Waals surface area contributed by atoms with Crippen molar-refractivity contribution in [2.24, 2.45) is 0 Å². The molecule has 0 fully saturated rings. The normalized spacial score (nSPS) is 11.0. The van der Waals surface area contributed by atoms with Crippen molar-refractivity contribution in [2.45, 2.75) is 0 Å². The van der Waals surface area contributed by atoms with Crippen LogP contribution in [0.5, 0.6) is 0 Å². The third kappa shape index (κ3) is 2.71. The summed E-state index contributed by atoms with van der Waals surface area (Å²) in [5.74, 6) is -0.0677. The lowest BCUT2D eigenvalue weighted by Gasteiger charge is -2.14. The minimum absolute atomic E-state index is 0.272. The SMILES string of the molecule is O=c1c2ccc(F)cc2nc(-c2ccccc2Cl)n1-c1ccccc1. The third-order valence-corrected chi connectivity index (χ3v) is 4.29. The second-order valence-electron chi connectivity index (χ2n) is 5.55. The zero-order chi connectivity index (χ0) is 17.4. The van der Waals surface area contributed by atoms with E-state index in [0.717, 1.165) is 0 Å². The van der Waals surface area contributed by atoms with Gasteiger partial charge in [0.2, 0.25) is 0 Å². The van der Waals surface area contributed by atoms with Crippen LogP contribution in [0.4, 0.5) is 4.39 Å². The van der Waals surface area contributed by atoms with Gasteiger partial charge in [-0.2, -0.15) is 0 Å². The molecule has 0 radical (unpaired) electrons. The highest BCUT2D eigenvalue weighted by molar-refractivity contribution is 6.33. The Hall–Kier alpha value is -2.98. The van der Waals surface area contributed by atoms with Gasteiger partial charge in [0.15, 0.2) is 0 Å². The van der Waals surface area contributed by atoms with Crippen molar-refractivity contribution < 1.29 is 4.39 Å². The molecular formula is C20H12ClFN2O. The molecule has 0 saturated carbocycles. The van der Waals surface area contributed by atoms with Crippen molar-refractivity contribution in [1.82, 2.24) is 9.55 Å². The third-order valence-electron chi connectivity index (χ3n) is 3.96. The van der Waals surface area contributed by atoms with Crippen molar-refractivity contribution in [2.75, 3.05) is 0 Å². The van der Waals surface area contributed by atoms with Crippen LogP contribution in [0.1, 0.15) is 0 Å². The van der Waals surface area contributed by atoms with E-state index in [9.17, 15) is 9.18 Å². The molecule has 0 unspecified atom stereocenters. The van der Waals surface area contributed by atoms with Crippen molar-refractivity contribution in [3.63, 3.8) is 0 Å². The van der Waals surface area contributed by atoms with E-state index in [1.807, 2.05) is 36.4 Å². The molecule has 0 saturated heterocycles. The average molecular weight is 351 g/mol. The Morgan fingerprint density at radius 1 is 0.920 bits per heavy atom. The highest BCUT2D eigenvalue weighted by Gasteiger charge is 2.16. The molecule has 1 heterocycles. The van der Waals surface area contributed by atoms with Crippen molar-refractivity contribution in [3.8, 4) is 17.1 Å². The lowest BCUT2D eigenvalue weighted by Crippen LogP contribution is -2.22. The van der Waals surface area contributed by atoms with Crippen LogP contribution < -0.4 is 5.56 Å². The summed E-state index contributed by atoms with van der Waals surface area (Å²) >= 11 is 6.32. The van der Waals surface area contributed by atoms with Crippen LogP contribution in [-0.2, 0) is 0 Å². The second-order valence-corrected chi connectivity index (χ2v) is 5.96. The molecule has 5 heteroatoms. The number of halogens is 2. The van der Waals surface area contributed by atoms with Gasteiger partial charge in [0.1, 0.15) is 11.6 Å². The Morgan fingerprint density at radius 3 is 2.40 bits per heavy atom. The summed E-state index contributed by atoms with van der Waals surface area (Å²) in [4.78, 5) is 17.6. The Bertz CT molecular complexity index is 1140. The highest BCUT2D eigenvalue weighted by Crippen LogP contribution is 2.28. The first kappa shape index (κ1) is 15.5. The summed E-state index contributed by atoms with van der Waals surface area (Å²) in [5.41, 5.74) is 1.30. The second kappa shape index (κ2) is 6.15. The average Bonchev–Trinajstić information content (AvgIpc) is 2.62. The summed E-state index contributed by atoms with van der Waals surface area (Å²) in [5, 5.41) is 0.816. The quantitative estimate of drug-likeness (QED) is 0.518. The topological polar surface area (TPSA) is 34.9 Å². The molecule has 0 N–H and O–H groups in total. The summed E-state index contributed by atoms with van der Waals surface area (Å²) in [7, 11) is 0. The molecule has 0 atom stereocenters. The zero-order valence-corrected chi connectivity index (χ0v) is 13.7. The number of rotatable bonds is 2. The molecule has 0 amide bonds. The minimum Gasteiger partial charge on any atom is -0.268 e. The summed E-state index contributed by atoms with van der Waals surface area (Å²) in [6.45, 7) is 0. The lowest BCUT2D eigenvalue weighted by atomic mass is 10.1. The largest absolute Gasteiger partial charge is 0.268 e. The Kier molecular flexibility index (Phi) is 3.82. The molecule has 0 spiro atoms. The molecule has 122 valence electrons. The van der Waals surface area contributed by atoms with Gasteiger partial charge in [0, 0.05) is 11.6 Å². The fourth-order valence-corrected chi connectivity index (χ4v) is 3.02. The van der Waals surface area contributed by atoms with E-state index in [-0.39, 0.29) is 5.56 Å². The van der Waals surface area contributed by atoms with Gasteiger partial charge in [-0.1, -0.05) is 41.9 Å². The van der Waals surface area contributed by atoms with E-state index in [2.05, 4.69) is 4.98 Å². The van der Waals surface area contributed by atoms with Gasteiger partial charge in [-0.3, -0.25) is 9.36 Å². The van der Waals surface area contributed by atoms with Gasteiger partial charge in [0.05, 0.1) is 21.6 Å². The maximum Gasteiger partial charge on any atom is 0.266 e. The molecule has 0 aliphatic rings. The number of aromatic nitrogens is 2. The zero-order valence-electron chi connectivity index (χ0n) is 13.0. The monoisotopic (exact) mass is 350 g/mol. The van der Waals surface area contributed by atoms with Gasteiger partial charge in [0.25, 0.3) is 5.56 Å². The first-order valence-corrected chi connectivity index (χ1v) is 8.05. The number of para-hydroxylation sites is 1. The van der Waals surface area contributed by atoms with E-state index in [1.165, 1.54) is 22.8 Å². The van der Waals surface area contributed by atoms with E-state index in [1.54, 1.807) is 18.2 Å². The number of hydrogen-bond donors (Lipinski definition) is 0. The molecule has 0 aliphatic carbocycles. The van der Waals surface area contributed by atoms with E-state index in [0.29, 0.717) is 33.0 Å². The van der Waals surface area contributed by atoms with E-state index >= 15 is 0 Å². The van der Waals surface area contributed by atoms with Crippen LogP contribution in [0.3, 0.4) is 0 Å². The van der Waals surface area contributed by atoms with E-state index in [4.69, 9.17) is 11.6 Å². The number of benzene rings is 3. The maximum atomic E-state index is 13.6. The molecular weight excluding hydrogens is 339 g/mol. The Morgan fingerprint density at radius 2 is 1.64 bits per heavy atom. The molecule has 3 nitrogen and oxygen atoms in total. The smallest absolute Gasteiger partial charge is 0.266 e. The van der Waals surface area contributed by atoms with Gasteiger partial charge in [-0.25, -0.2) is 9.37 Å². The van der Waals surface area contributed by atoms with Crippen molar-refractivity contribution in [1.29, 1.82) is 0 Å². The molecule has 3 aromatic carbocycles. The Labute approximate surface area is 148 Å². The number of hydrogen-bond acceptors (Lipinski definition) is 2. The van der Waals surface area contributed by atoms with Gasteiger partial charge in [-0.15, -0.1) is 0 Å². The lowest BCUT2D eigenvalue weighted by molar-refractivity contribution is 0.629. The first-order chi connectivity index (χ1) is 12.1. The number of fused-ring (bicyclic) bond motifs is 1. The predicted octanol–water partition coefficient (Wildman–Crippen LogP) is 4.85. The Balaban J connectivity index is 2.16. The molecule has 25 heavy (non-hydrogen) atoms. The number of nitrogens with zero attached hydrogens (tertiary/aromatic N) is 2. The van der Waals surface area contributed by atoms with Crippen LogP contribution in [-0.4, -0.2) is 9.55 Å². The fourth-order valence-electron chi connectivity index (χ4n) is 2.80. The van der Waals surface area contributed by atoms with Crippen LogP contribution in [0.25, 0.3) is 28.0 Å². The molecule has 0 bridgehead atoms. The molecule has 4 rings (SSSR count). The molecule has 1 aromatic heterocycles. The van der Waals surface area contributed by atoms with Crippen molar-refractivity contribution in [3.05, 3.63) is 94.0 Å². The van der Waals surface area contributed by atoms with Crippen LogP contribution in [0.2, 0.25) is 5.02 Å². The fraction of sp³-hybridized carbons (Fsp3) is 0. The van der Waals surface area contributed by atoms with Gasteiger partial charge in [-0.05, 0) is 36.4 Å². The van der Waals surface area contributed by atoms with Crippen LogP contribution in [0, 0.1) is 5.82 Å². The highest BCUT2D eigenvalue weighted by atomic mass is 35.5. The van der Waals surface area contributed by atoms with Crippen molar-refractivity contribution >= 4 is 22.5 Å². The predicted molar refractivity (Wildman–Crippen MR) is 97.7 cm³/mol. The summed E-state index contributed by atoms with van der Waals surface area (Å²) in [6, 6.07) is 20.3. The maximum absolute atomic E-state index is 13.6. The van der Waals surface area contributed by atoms with Crippen LogP contribution in [0.15, 0.2) is 77.6 Å². The van der Waals surface area contributed by atoms with Crippen LogP contribution >= 0.6 is 11.6 Å². The van der Waals surface area contributed by atoms with Gasteiger partial charge >= 0.3 is 0 Å². The summed E-state index contributed by atoms with van der Waals surface area (Å²) < 4.78 is 15.1. The summed E-state index contributed by atoms with van der Waals surface area (Å²) in [6.07, 6.45) is 0. The van der Waals surface area contributed by atoms with E-state index < -0.39 is 5.82 Å². The molecule has 4 aromatic rings.